The van der Waals surface area contributed by atoms with E-state index < -0.39 is 10.0 Å². The molecular formula is C14H13BrN2O2S. The molecule has 0 fully saturated rings. The van der Waals surface area contributed by atoms with Gasteiger partial charge in [0.15, 0.2) is 0 Å². The van der Waals surface area contributed by atoms with Gasteiger partial charge in [-0.25, -0.2) is 0 Å². The van der Waals surface area contributed by atoms with Crippen LogP contribution in [0.4, 0.5) is 0 Å². The quantitative estimate of drug-likeness (QED) is 0.678. The molecule has 4 nitrogen and oxygen atoms in total. The Kier molecular flexibility index (Phi) is 4.57. The highest BCUT2D eigenvalue weighted by molar-refractivity contribution is 9.10. The van der Waals surface area contributed by atoms with E-state index in [1.54, 1.807) is 19.1 Å². The minimum absolute atomic E-state index is 0.172. The molecule has 1 N–H and O–H groups in total. The Morgan fingerprint density at radius 2 is 1.65 bits per heavy atom. The van der Waals surface area contributed by atoms with E-state index in [4.69, 9.17) is 0 Å². The molecule has 20 heavy (non-hydrogen) atoms. The molecule has 6 heteroatoms. The van der Waals surface area contributed by atoms with Crippen molar-refractivity contribution in [2.24, 2.45) is 5.10 Å². The van der Waals surface area contributed by atoms with Crippen LogP contribution >= 0.6 is 15.9 Å². The van der Waals surface area contributed by atoms with E-state index in [0.717, 1.165) is 10.0 Å². The van der Waals surface area contributed by atoms with Gasteiger partial charge in [0, 0.05) is 4.47 Å². The van der Waals surface area contributed by atoms with Gasteiger partial charge in [-0.05, 0) is 36.8 Å². The summed E-state index contributed by atoms with van der Waals surface area (Å²) in [7, 11) is -3.64. The number of nitrogens with one attached hydrogen (secondary N) is 1. The van der Waals surface area contributed by atoms with Gasteiger partial charge in [-0.2, -0.15) is 18.4 Å². The largest absolute Gasteiger partial charge is 0.276 e. The summed E-state index contributed by atoms with van der Waals surface area (Å²) >= 11 is 3.26. The first-order chi connectivity index (χ1) is 9.49. The smallest absolute Gasteiger partial charge is 0.200 e. The van der Waals surface area contributed by atoms with Crippen molar-refractivity contribution in [3.8, 4) is 0 Å². The zero-order valence-corrected chi connectivity index (χ0v) is 13.1. The zero-order chi connectivity index (χ0) is 14.6. The van der Waals surface area contributed by atoms with Crippen molar-refractivity contribution in [2.45, 2.75) is 11.8 Å². The predicted molar refractivity (Wildman–Crippen MR) is 83.1 cm³/mol. The lowest BCUT2D eigenvalue weighted by molar-refractivity contribution is 0.584. The molecule has 0 atom stereocenters. The second kappa shape index (κ2) is 6.19. The van der Waals surface area contributed by atoms with Crippen LogP contribution in [-0.4, -0.2) is 14.1 Å². The highest BCUT2D eigenvalue weighted by atomic mass is 79.9. The number of rotatable bonds is 4. The number of nitrogens with zero attached hydrogens (tertiary/aromatic N) is 1. The summed E-state index contributed by atoms with van der Waals surface area (Å²) in [6.07, 6.45) is 0. The number of hydrazone groups is 1. The van der Waals surface area contributed by atoms with E-state index in [2.05, 4.69) is 25.9 Å². The molecule has 104 valence electrons. The average Bonchev–Trinajstić information content (AvgIpc) is 2.46. The summed E-state index contributed by atoms with van der Waals surface area (Å²) in [5, 5.41) is 3.93. The molecule has 0 saturated heterocycles. The molecule has 0 unspecified atom stereocenters. The van der Waals surface area contributed by atoms with Gasteiger partial charge >= 0.3 is 0 Å². The number of benzene rings is 2. The van der Waals surface area contributed by atoms with Crippen LogP contribution in [0.5, 0.6) is 0 Å². The predicted octanol–water partition coefficient (Wildman–Crippen LogP) is 3.15. The molecule has 0 radical (unpaired) electrons. The standard InChI is InChI=1S/C14H13BrN2O2S/c1-11(12-5-3-2-4-6-12)16-17-20(18,19)14-9-7-13(15)8-10-14/h2-10,17H,1H3/b16-11-. The number of hydrogen-bond donors (Lipinski definition) is 1. The fourth-order valence-electron chi connectivity index (χ4n) is 1.54. The van der Waals surface area contributed by atoms with Crippen molar-refractivity contribution in [3.05, 3.63) is 64.6 Å². The average molecular weight is 353 g/mol. The molecule has 0 amide bonds. The fraction of sp³-hybridized carbons (Fsp3) is 0.0714. The Labute approximate surface area is 126 Å². The number of sulfonamides is 1. The van der Waals surface area contributed by atoms with Crippen LogP contribution in [0.2, 0.25) is 0 Å². The van der Waals surface area contributed by atoms with Crippen LogP contribution < -0.4 is 4.83 Å². The summed E-state index contributed by atoms with van der Waals surface area (Å²) < 4.78 is 24.9. The van der Waals surface area contributed by atoms with Crippen molar-refractivity contribution in [3.63, 3.8) is 0 Å². The van der Waals surface area contributed by atoms with Crippen molar-refractivity contribution in [1.29, 1.82) is 0 Å². The van der Waals surface area contributed by atoms with Gasteiger partial charge in [-0.3, -0.25) is 0 Å². The lowest BCUT2D eigenvalue weighted by Gasteiger charge is -2.05. The fourth-order valence-corrected chi connectivity index (χ4v) is 2.66. The molecular weight excluding hydrogens is 340 g/mol. The number of hydrogen-bond acceptors (Lipinski definition) is 3. The lowest BCUT2D eigenvalue weighted by atomic mass is 10.1. The molecule has 0 aliphatic heterocycles. The van der Waals surface area contributed by atoms with E-state index in [-0.39, 0.29) is 4.90 Å². The first-order valence-corrected chi connectivity index (χ1v) is 8.14. The van der Waals surface area contributed by atoms with Crippen molar-refractivity contribution in [1.82, 2.24) is 4.83 Å². The van der Waals surface area contributed by atoms with Gasteiger partial charge < -0.3 is 0 Å². The van der Waals surface area contributed by atoms with E-state index in [9.17, 15) is 8.42 Å². The van der Waals surface area contributed by atoms with Gasteiger partial charge in [0.25, 0.3) is 10.0 Å². The summed E-state index contributed by atoms with van der Waals surface area (Å²) in [6, 6.07) is 15.7. The summed E-state index contributed by atoms with van der Waals surface area (Å²) in [6.45, 7) is 1.75. The Hall–Kier alpha value is -1.66. The highest BCUT2D eigenvalue weighted by Crippen LogP contribution is 2.14. The van der Waals surface area contributed by atoms with Crippen LogP contribution in [0, 0.1) is 0 Å². The monoisotopic (exact) mass is 352 g/mol. The van der Waals surface area contributed by atoms with Crippen LogP contribution in [0.15, 0.2) is 69.1 Å². The molecule has 0 aromatic heterocycles. The van der Waals surface area contributed by atoms with E-state index >= 15 is 0 Å². The Balaban J connectivity index is 2.19. The third-order valence-corrected chi connectivity index (χ3v) is 4.40. The SMILES string of the molecule is C/C(=N/NS(=O)(=O)c1ccc(Br)cc1)c1ccccc1. The molecule has 0 spiro atoms. The number of halogens is 1. The van der Waals surface area contributed by atoms with E-state index in [0.29, 0.717) is 5.71 Å². The van der Waals surface area contributed by atoms with Gasteiger partial charge in [-0.15, -0.1) is 0 Å². The maximum Gasteiger partial charge on any atom is 0.276 e. The Bertz CT molecular complexity index is 711. The first kappa shape index (κ1) is 14.7. The van der Waals surface area contributed by atoms with E-state index in [1.807, 2.05) is 30.3 Å². The van der Waals surface area contributed by atoms with Crippen molar-refractivity contribution in [2.75, 3.05) is 0 Å². The van der Waals surface area contributed by atoms with Crippen LogP contribution in [0.25, 0.3) is 0 Å². The van der Waals surface area contributed by atoms with Crippen molar-refractivity contribution >= 4 is 31.7 Å². The van der Waals surface area contributed by atoms with E-state index in [1.165, 1.54) is 12.1 Å². The Morgan fingerprint density at radius 1 is 1.05 bits per heavy atom. The van der Waals surface area contributed by atoms with Gasteiger partial charge in [0.2, 0.25) is 0 Å². The van der Waals surface area contributed by atoms with Gasteiger partial charge in [0.1, 0.15) is 0 Å². The third-order valence-electron chi connectivity index (χ3n) is 2.65. The second-order valence-corrected chi connectivity index (χ2v) is 6.69. The Morgan fingerprint density at radius 3 is 2.25 bits per heavy atom. The normalized spacial score (nSPS) is 12.2. The van der Waals surface area contributed by atoms with Crippen LogP contribution in [0.3, 0.4) is 0 Å². The highest BCUT2D eigenvalue weighted by Gasteiger charge is 2.12. The summed E-state index contributed by atoms with van der Waals surface area (Å²) in [5.74, 6) is 0. The minimum atomic E-state index is -3.64. The first-order valence-electron chi connectivity index (χ1n) is 5.86. The molecule has 0 saturated carbocycles. The molecule has 2 aromatic carbocycles. The molecule has 0 bridgehead atoms. The van der Waals surface area contributed by atoms with Gasteiger partial charge in [0.05, 0.1) is 10.6 Å². The van der Waals surface area contributed by atoms with Crippen molar-refractivity contribution < 1.29 is 8.42 Å². The maximum absolute atomic E-state index is 12.0. The molecule has 0 heterocycles. The minimum Gasteiger partial charge on any atom is -0.200 e. The van der Waals surface area contributed by atoms with Gasteiger partial charge in [-0.1, -0.05) is 46.3 Å². The van der Waals surface area contributed by atoms with Crippen LogP contribution in [0.1, 0.15) is 12.5 Å². The molecule has 2 rings (SSSR count). The molecule has 2 aromatic rings. The van der Waals surface area contributed by atoms with Crippen LogP contribution in [-0.2, 0) is 10.0 Å². The molecule has 0 aliphatic carbocycles. The second-order valence-electron chi connectivity index (χ2n) is 4.11. The topological polar surface area (TPSA) is 58.5 Å². The molecule has 0 aliphatic rings. The maximum atomic E-state index is 12.0. The third kappa shape index (κ3) is 3.68. The summed E-state index contributed by atoms with van der Waals surface area (Å²) in [4.78, 5) is 2.41. The lowest BCUT2D eigenvalue weighted by Crippen LogP contribution is -2.19. The zero-order valence-electron chi connectivity index (χ0n) is 10.7. The summed E-state index contributed by atoms with van der Waals surface area (Å²) in [5.41, 5.74) is 1.47.